The molecule has 1 aromatic rings. The highest BCUT2D eigenvalue weighted by Crippen LogP contribution is 2.41. The van der Waals surface area contributed by atoms with Crippen LogP contribution in [0.5, 0.6) is 0 Å². The van der Waals surface area contributed by atoms with Crippen LogP contribution < -0.4 is 4.90 Å². The normalized spacial score (nSPS) is 20.1. The minimum atomic E-state index is -4.86. The van der Waals surface area contributed by atoms with Crippen molar-refractivity contribution in [3.8, 4) is 6.07 Å². The molecular weight excluding hydrogens is 338 g/mol. The van der Waals surface area contributed by atoms with Gasteiger partial charge in [-0.25, -0.2) is 0 Å². The van der Waals surface area contributed by atoms with Gasteiger partial charge in [-0.15, -0.1) is 0 Å². The van der Waals surface area contributed by atoms with Crippen molar-refractivity contribution in [1.29, 1.82) is 5.26 Å². The van der Waals surface area contributed by atoms with Gasteiger partial charge in [0.05, 0.1) is 23.2 Å². The first-order valence-electron chi connectivity index (χ1n) is 7.10. The van der Waals surface area contributed by atoms with Gasteiger partial charge < -0.3 is 10.0 Å². The molecule has 24 heavy (non-hydrogen) atoms. The summed E-state index contributed by atoms with van der Waals surface area (Å²) in [5, 5.41) is 18.4. The molecule has 1 aromatic carbocycles. The molecule has 0 amide bonds. The van der Waals surface area contributed by atoms with Gasteiger partial charge in [-0.1, -0.05) is 0 Å². The van der Waals surface area contributed by atoms with Gasteiger partial charge in [0.2, 0.25) is 0 Å². The molecule has 9 heteroatoms. The first-order valence-corrected chi connectivity index (χ1v) is 7.10. The molecular formula is C15H14F6N2O. The van der Waals surface area contributed by atoms with E-state index in [9.17, 15) is 31.4 Å². The van der Waals surface area contributed by atoms with Gasteiger partial charge in [0.15, 0.2) is 6.10 Å². The van der Waals surface area contributed by atoms with Crippen molar-refractivity contribution in [2.24, 2.45) is 0 Å². The standard InChI is InChI=1S/C15H14F6N2O/c1-8-10(5-4-9(7-22)12(8)14(16,17)18)23-6-2-3-11(23)13(24)15(19,20)21/h4-5,11,13,24H,2-3,6H2,1H3/t11-,13+/m0/s1. The number of aliphatic hydroxyl groups is 1. The Morgan fingerprint density at radius 1 is 1.25 bits per heavy atom. The molecule has 1 aliphatic heterocycles. The van der Waals surface area contributed by atoms with E-state index in [2.05, 4.69) is 0 Å². The van der Waals surface area contributed by atoms with Crippen molar-refractivity contribution in [2.75, 3.05) is 11.4 Å². The van der Waals surface area contributed by atoms with Crippen LogP contribution in [-0.4, -0.2) is 30.0 Å². The van der Waals surface area contributed by atoms with E-state index >= 15 is 0 Å². The van der Waals surface area contributed by atoms with Crippen LogP contribution in [0.15, 0.2) is 12.1 Å². The van der Waals surface area contributed by atoms with Gasteiger partial charge in [0.25, 0.3) is 0 Å². The quantitative estimate of drug-likeness (QED) is 0.824. The summed E-state index contributed by atoms with van der Waals surface area (Å²) in [6.45, 7) is 1.22. The van der Waals surface area contributed by atoms with Gasteiger partial charge in [-0.3, -0.25) is 0 Å². The number of hydrogen-bond donors (Lipinski definition) is 1. The number of nitrogens with zero attached hydrogens (tertiary/aromatic N) is 2. The van der Waals surface area contributed by atoms with Gasteiger partial charge >= 0.3 is 12.4 Å². The molecule has 0 unspecified atom stereocenters. The predicted octanol–water partition coefficient (Wildman–Crippen LogP) is 3.78. The minimum Gasteiger partial charge on any atom is -0.382 e. The maximum atomic E-state index is 13.2. The first kappa shape index (κ1) is 18.4. The van der Waals surface area contributed by atoms with E-state index in [1.54, 1.807) is 0 Å². The second-order valence-electron chi connectivity index (χ2n) is 5.63. The number of anilines is 1. The van der Waals surface area contributed by atoms with E-state index in [1.165, 1.54) is 12.1 Å². The molecule has 2 rings (SSSR count). The zero-order valence-corrected chi connectivity index (χ0v) is 12.5. The third-order valence-corrected chi connectivity index (χ3v) is 4.15. The van der Waals surface area contributed by atoms with Crippen LogP contribution in [-0.2, 0) is 6.18 Å². The van der Waals surface area contributed by atoms with Crippen LogP contribution in [0.25, 0.3) is 0 Å². The van der Waals surface area contributed by atoms with E-state index in [0.717, 1.165) is 17.9 Å². The summed E-state index contributed by atoms with van der Waals surface area (Å²) in [4.78, 5) is 1.14. The van der Waals surface area contributed by atoms with Crippen LogP contribution >= 0.6 is 0 Å². The molecule has 0 radical (unpaired) electrons. The summed E-state index contributed by atoms with van der Waals surface area (Å²) < 4.78 is 78.0. The molecule has 1 fully saturated rings. The van der Waals surface area contributed by atoms with Crippen molar-refractivity contribution in [2.45, 2.75) is 44.3 Å². The lowest BCUT2D eigenvalue weighted by Crippen LogP contribution is -2.47. The zero-order chi connectivity index (χ0) is 18.3. The highest BCUT2D eigenvalue weighted by Gasteiger charge is 2.48. The molecule has 0 aliphatic carbocycles. The number of alkyl halides is 6. The Bertz CT molecular complexity index is 662. The highest BCUT2D eigenvalue weighted by atomic mass is 19.4. The Hall–Kier alpha value is -1.95. The molecule has 0 spiro atoms. The lowest BCUT2D eigenvalue weighted by atomic mass is 9.98. The van der Waals surface area contributed by atoms with Gasteiger partial charge in [-0.2, -0.15) is 31.6 Å². The second kappa shape index (κ2) is 6.16. The van der Waals surface area contributed by atoms with E-state index in [4.69, 9.17) is 5.26 Å². The Labute approximate surface area is 134 Å². The second-order valence-corrected chi connectivity index (χ2v) is 5.63. The fourth-order valence-electron chi connectivity index (χ4n) is 3.11. The van der Waals surface area contributed by atoms with Crippen LogP contribution in [0.1, 0.15) is 29.5 Å². The van der Waals surface area contributed by atoms with E-state index in [0.29, 0.717) is 6.42 Å². The first-order chi connectivity index (χ1) is 11.0. The molecule has 0 aromatic heterocycles. The molecule has 1 heterocycles. The molecule has 132 valence electrons. The molecule has 1 N–H and O–H groups in total. The smallest absolute Gasteiger partial charge is 0.382 e. The number of rotatable bonds is 2. The van der Waals surface area contributed by atoms with Crippen molar-refractivity contribution in [1.82, 2.24) is 0 Å². The summed E-state index contributed by atoms with van der Waals surface area (Å²) >= 11 is 0. The SMILES string of the molecule is Cc1c(N2CCC[C@H]2[C@@H](O)C(F)(F)F)ccc(C#N)c1C(F)(F)F. The van der Waals surface area contributed by atoms with Crippen LogP contribution in [0.4, 0.5) is 32.0 Å². The van der Waals surface area contributed by atoms with Crippen molar-refractivity contribution in [3.05, 3.63) is 28.8 Å². The summed E-state index contributed by atoms with van der Waals surface area (Å²) in [5.41, 5.74) is -2.11. The average molecular weight is 352 g/mol. The molecule has 1 saturated heterocycles. The van der Waals surface area contributed by atoms with Crippen molar-refractivity contribution >= 4 is 5.69 Å². The predicted molar refractivity (Wildman–Crippen MR) is 73.3 cm³/mol. The number of nitriles is 1. The fourth-order valence-corrected chi connectivity index (χ4v) is 3.11. The zero-order valence-electron chi connectivity index (χ0n) is 12.5. The Morgan fingerprint density at radius 3 is 2.38 bits per heavy atom. The summed E-state index contributed by atoms with van der Waals surface area (Å²) in [7, 11) is 0. The van der Waals surface area contributed by atoms with Crippen LogP contribution in [0.3, 0.4) is 0 Å². The Kier molecular flexibility index (Phi) is 4.72. The topological polar surface area (TPSA) is 47.3 Å². The van der Waals surface area contributed by atoms with Crippen molar-refractivity contribution < 1.29 is 31.4 Å². The fraction of sp³-hybridized carbons (Fsp3) is 0.533. The van der Waals surface area contributed by atoms with E-state index in [1.807, 2.05) is 0 Å². The van der Waals surface area contributed by atoms with Crippen LogP contribution in [0.2, 0.25) is 0 Å². The lowest BCUT2D eigenvalue weighted by molar-refractivity contribution is -0.209. The number of hydrogen-bond acceptors (Lipinski definition) is 3. The minimum absolute atomic E-state index is 0.0153. The summed E-state index contributed by atoms with van der Waals surface area (Å²) in [6, 6.07) is 2.25. The highest BCUT2D eigenvalue weighted by molar-refractivity contribution is 5.62. The Balaban J connectivity index is 2.51. The third kappa shape index (κ3) is 3.29. The summed E-state index contributed by atoms with van der Waals surface area (Å²) in [5.74, 6) is 0. The molecule has 1 aliphatic rings. The Morgan fingerprint density at radius 2 is 1.88 bits per heavy atom. The van der Waals surface area contributed by atoms with Gasteiger partial charge in [0.1, 0.15) is 0 Å². The van der Waals surface area contributed by atoms with Gasteiger partial charge in [-0.05, 0) is 37.5 Å². The largest absolute Gasteiger partial charge is 0.418 e. The molecule has 2 atom stereocenters. The van der Waals surface area contributed by atoms with E-state index < -0.39 is 35.6 Å². The number of aliphatic hydroxyl groups excluding tert-OH is 1. The maximum absolute atomic E-state index is 13.2. The third-order valence-electron chi connectivity index (χ3n) is 4.15. The number of halogens is 6. The molecule has 0 bridgehead atoms. The number of benzene rings is 1. The van der Waals surface area contributed by atoms with Crippen molar-refractivity contribution in [3.63, 3.8) is 0 Å². The average Bonchev–Trinajstić information content (AvgIpc) is 2.92. The molecule has 0 saturated carbocycles. The van der Waals surface area contributed by atoms with E-state index in [-0.39, 0.29) is 24.2 Å². The maximum Gasteiger partial charge on any atom is 0.418 e. The summed E-state index contributed by atoms with van der Waals surface area (Å²) in [6.07, 6.45) is -12.0. The lowest BCUT2D eigenvalue weighted by Gasteiger charge is -2.33. The monoisotopic (exact) mass is 352 g/mol. The van der Waals surface area contributed by atoms with Crippen LogP contribution in [0, 0.1) is 18.3 Å². The molecule has 3 nitrogen and oxygen atoms in total. The van der Waals surface area contributed by atoms with Gasteiger partial charge in [0, 0.05) is 12.2 Å².